The second kappa shape index (κ2) is 13.6. The van der Waals surface area contributed by atoms with E-state index in [1.54, 1.807) is 0 Å². The minimum atomic E-state index is -0.524. The van der Waals surface area contributed by atoms with Gasteiger partial charge in [-0.2, -0.15) is 0 Å². The molecule has 0 unspecified atom stereocenters. The van der Waals surface area contributed by atoms with Crippen LogP contribution in [-0.2, 0) is 5.41 Å². The quantitative estimate of drug-likeness (QED) is 0.169. The monoisotopic (exact) mass is 764 g/mol. The molecule has 280 valence electrons. The molecule has 0 spiro atoms. The topological polar surface area (TPSA) is 38.9 Å². The second-order valence-corrected chi connectivity index (χ2v) is 15.6. The highest BCUT2D eigenvalue weighted by Gasteiger charge is 2.46. The van der Waals surface area contributed by atoms with Gasteiger partial charge in [-0.05, 0) is 85.6 Å². The van der Waals surface area contributed by atoms with Crippen LogP contribution >= 0.6 is 0 Å². The van der Waals surface area contributed by atoms with Crippen molar-refractivity contribution >= 4 is 32.7 Å². The Labute approximate surface area is 347 Å². The van der Waals surface area contributed by atoms with E-state index >= 15 is 0 Å². The number of benzene rings is 9. The zero-order valence-corrected chi connectivity index (χ0v) is 32.6. The van der Waals surface area contributed by atoms with Crippen LogP contribution in [0.1, 0.15) is 22.3 Å². The van der Waals surface area contributed by atoms with E-state index in [-0.39, 0.29) is 0 Å². The average molecular weight is 765 g/mol. The summed E-state index contributed by atoms with van der Waals surface area (Å²) in [7, 11) is 0. The zero-order valence-electron chi connectivity index (χ0n) is 32.6. The Morgan fingerprint density at radius 1 is 0.350 bits per heavy atom. The SMILES string of the molecule is c1ccc(C2(c3ccccc3)c3ccccc3-c3c(-c4cc(-c5ccccc5-c5ccc6oc7ccccc7c6c5)nc(-c5ccc6ccccc6c5)n4)cccc32)cc1. The van der Waals surface area contributed by atoms with Crippen molar-refractivity contribution in [2.75, 3.05) is 0 Å². The maximum absolute atomic E-state index is 6.23. The van der Waals surface area contributed by atoms with Gasteiger partial charge in [-0.1, -0.05) is 188 Å². The summed E-state index contributed by atoms with van der Waals surface area (Å²) in [5, 5.41) is 4.53. The van der Waals surface area contributed by atoms with E-state index in [2.05, 4.69) is 206 Å². The maximum atomic E-state index is 6.23. The largest absolute Gasteiger partial charge is 0.456 e. The molecular formula is C57H36N2O. The lowest BCUT2D eigenvalue weighted by Crippen LogP contribution is -2.28. The Balaban J connectivity index is 1.12. The minimum absolute atomic E-state index is 0.524. The zero-order chi connectivity index (χ0) is 39.6. The van der Waals surface area contributed by atoms with E-state index in [9.17, 15) is 0 Å². The lowest BCUT2D eigenvalue weighted by molar-refractivity contribution is 0.669. The van der Waals surface area contributed by atoms with Crippen molar-refractivity contribution in [1.29, 1.82) is 0 Å². The van der Waals surface area contributed by atoms with Gasteiger partial charge in [-0.15, -0.1) is 0 Å². The molecule has 0 fully saturated rings. The molecule has 1 aliphatic rings. The first-order valence-corrected chi connectivity index (χ1v) is 20.5. The number of furan rings is 1. The molecule has 2 heterocycles. The summed E-state index contributed by atoms with van der Waals surface area (Å²) in [5.41, 5.74) is 15.6. The summed E-state index contributed by atoms with van der Waals surface area (Å²) in [6.45, 7) is 0. The lowest BCUT2D eigenvalue weighted by Gasteiger charge is -2.33. The van der Waals surface area contributed by atoms with Crippen LogP contribution in [0.25, 0.3) is 88.9 Å². The predicted molar refractivity (Wildman–Crippen MR) is 246 cm³/mol. The molecule has 1 aliphatic carbocycles. The molecule has 60 heavy (non-hydrogen) atoms. The summed E-state index contributed by atoms with van der Waals surface area (Å²) in [6, 6.07) is 78.1. The summed E-state index contributed by atoms with van der Waals surface area (Å²) in [4.78, 5) is 10.9. The third kappa shape index (κ3) is 5.23. The van der Waals surface area contributed by atoms with Gasteiger partial charge in [-0.25, -0.2) is 9.97 Å². The molecule has 9 aromatic carbocycles. The summed E-state index contributed by atoms with van der Waals surface area (Å²) in [5.74, 6) is 0.681. The number of nitrogens with zero attached hydrogens (tertiary/aromatic N) is 2. The maximum Gasteiger partial charge on any atom is 0.160 e. The van der Waals surface area contributed by atoms with E-state index < -0.39 is 5.41 Å². The third-order valence-corrected chi connectivity index (χ3v) is 12.4. The Morgan fingerprint density at radius 3 is 1.73 bits per heavy atom. The van der Waals surface area contributed by atoms with Crippen molar-refractivity contribution in [3.63, 3.8) is 0 Å². The molecule has 3 heteroatoms. The molecule has 12 rings (SSSR count). The Morgan fingerprint density at radius 2 is 0.933 bits per heavy atom. The van der Waals surface area contributed by atoms with Crippen LogP contribution in [0.4, 0.5) is 0 Å². The number of aromatic nitrogens is 2. The van der Waals surface area contributed by atoms with Gasteiger partial charge in [0.1, 0.15) is 11.2 Å². The van der Waals surface area contributed by atoms with Crippen molar-refractivity contribution < 1.29 is 4.42 Å². The van der Waals surface area contributed by atoms with Gasteiger partial charge < -0.3 is 4.42 Å². The first-order chi connectivity index (χ1) is 29.7. The van der Waals surface area contributed by atoms with Gasteiger partial charge in [0.05, 0.1) is 16.8 Å². The fraction of sp³-hybridized carbons (Fsp3) is 0.0175. The van der Waals surface area contributed by atoms with E-state index in [0.717, 1.165) is 66.5 Å². The number of fused-ring (bicyclic) bond motifs is 7. The fourth-order valence-corrected chi connectivity index (χ4v) is 9.74. The Bertz CT molecular complexity index is 3400. The molecule has 0 saturated heterocycles. The molecule has 2 aromatic heterocycles. The summed E-state index contributed by atoms with van der Waals surface area (Å²) < 4.78 is 6.23. The van der Waals surface area contributed by atoms with Gasteiger partial charge in [0.15, 0.2) is 5.82 Å². The van der Waals surface area contributed by atoms with Crippen molar-refractivity contribution in [3.05, 3.63) is 241 Å². The van der Waals surface area contributed by atoms with Crippen LogP contribution < -0.4 is 0 Å². The normalized spacial score (nSPS) is 12.8. The predicted octanol–water partition coefficient (Wildman–Crippen LogP) is 14.6. The van der Waals surface area contributed by atoms with Crippen molar-refractivity contribution in [2.45, 2.75) is 5.41 Å². The summed E-state index contributed by atoms with van der Waals surface area (Å²) >= 11 is 0. The van der Waals surface area contributed by atoms with Crippen molar-refractivity contribution in [3.8, 4) is 56.2 Å². The lowest BCUT2D eigenvalue weighted by atomic mass is 9.67. The molecule has 3 nitrogen and oxygen atoms in total. The minimum Gasteiger partial charge on any atom is -0.456 e. The third-order valence-electron chi connectivity index (χ3n) is 12.4. The van der Waals surface area contributed by atoms with E-state index in [0.29, 0.717) is 5.82 Å². The van der Waals surface area contributed by atoms with Crippen LogP contribution in [0, 0.1) is 0 Å². The molecule has 0 atom stereocenters. The summed E-state index contributed by atoms with van der Waals surface area (Å²) in [6.07, 6.45) is 0. The number of hydrogen-bond donors (Lipinski definition) is 0. The van der Waals surface area contributed by atoms with Crippen LogP contribution in [0.15, 0.2) is 223 Å². The van der Waals surface area contributed by atoms with E-state index in [1.165, 1.54) is 38.8 Å². The van der Waals surface area contributed by atoms with Crippen LogP contribution in [0.5, 0.6) is 0 Å². The molecule has 0 N–H and O–H groups in total. The fourth-order valence-electron chi connectivity index (χ4n) is 9.74. The first kappa shape index (κ1) is 34.2. The number of para-hydroxylation sites is 1. The Kier molecular flexibility index (Phi) is 7.76. The number of hydrogen-bond acceptors (Lipinski definition) is 3. The molecule has 0 bridgehead atoms. The Hall–Kier alpha value is -7.88. The van der Waals surface area contributed by atoms with Gasteiger partial charge in [0.25, 0.3) is 0 Å². The van der Waals surface area contributed by atoms with Crippen LogP contribution in [0.3, 0.4) is 0 Å². The van der Waals surface area contributed by atoms with Crippen molar-refractivity contribution in [1.82, 2.24) is 9.97 Å². The molecule has 0 aliphatic heterocycles. The second-order valence-electron chi connectivity index (χ2n) is 15.6. The first-order valence-electron chi connectivity index (χ1n) is 20.5. The molecule has 0 amide bonds. The molecular weight excluding hydrogens is 729 g/mol. The van der Waals surface area contributed by atoms with Gasteiger partial charge in [-0.3, -0.25) is 0 Å². The highest BCUT2D eigenvalue weighted by molar-refractivity contribution is 6.07. The van der Waals surface area contributed by atoms with Gasteiger partial charge in [0, 0.05) is 27.5 Å². The molecule has 0 radical (unpaired) electrons. The van der Waals surface area contributed by atoms with E-state index in [1.807, 2.05) is 12.1 Å². The van der Waals surface area contributed by atoms with E-state index in [4.69, 9.17) is 14.4 Å². The van der Waals surface area contributed by atoms with Crippen molar-refractivity contribution in [2.24, 2.45) is 0 Å². The van der Waals surface area contributed by atoms with Gasteiger partial charge in [0.2, 0.25) is 0 Å². The standard InChI is InChI=1S/C57H36N2O/c1-3-18-41(19-4-1)57(42-20-5-2-6-21-42)49-27-13-11-25-46(49)55-47(26-15-28-50(55)57)52-36-51(58-56(59-52)40-31-30-37-16-7-8-17-38(37)34-40)44-23-10-9-22-43(44)39-32-33-54-48(35-39)45-24-12-14-29-53(45)60-54/h1-36H. The molecule has 0 saturated carbocycles. The highest BCUT2D eigenvalue weighted by atomic mass is 16.3. The van der Waals surface area contributed by atoms with Crippen LogP contribution in [-0.4, -0.2) is 9.97 Å². The van der Waals surface area contributed by atoms with Gasteiger partial charge >= 0.3 is 0 Å². The smallest absolute Gasteiger partial charge is 0.160 e. The molecule has 11 aromatic rings. The number of rotatable bonds is 6. The van der Waals surface area contributed by atoms with Crippen LogP contribution in [0.2, 0.25) is 0 Å². The highest BCUT2D eigenvalue weighted by Crippen LogP contribution is 2.58. The average Bonchev–Trinajstić information content (AvgIpc) is 3.85.